The van der Waals surface area contributed by atoms with Gasteiger partial charge in [-0.25, -0.2) is 9.97 Å². The van der Waals surface area contributed by atoms with E-state index in [4.69, 9.17) is 0 Å². The van der Waals surface area contributed by atoms with Crippen LogP contribution >= 0.6 is 0 Å². The molecule has 7 heteroatoms. The number of rotatable bonds is 3. The molecular formula is C18H27N5O2. The summed E-state index contributed by atoms with van der Waals surface area (Å²) in [6, 6.07) is 0.328. The third-order valence-electron chi connectivity index (χ3n) is 6.06. The minimum atomic E-state index is -0.279. The lowest BCUT2D eigenvalue weighted by Gasteiger charge is -2.39. The van der Waals surface area contributed by atoms with Crippen molar-refractivity contribution in [1.82, 2.24) is 9.97 Å². The van der Waals surface area contributed by atoms with Crippen LogP contribution in [0.1, 0.15) is 52.9 Å². The molecule has 25 heavy (non-hydrogen) atoms. The summed E-state index contributed by atoms with van der Waals surface area (Å²) in [4.78, 5) is 24.6. The van der Waals surface area contributed by atoms with Gasteiger partial charge < -0.3 is 9.80 Å². The van der Waals surface area contributed by atoms with Crippen LogP contribution in [0.5, 0.6) is 0 Å². The van der Waals surface area contributed by atoms with Crippen LogP contribution in [0.4, 0.5) is 17.3 Å². The molecule has 0 N–H and O–H groups in total. The fourth-order valence-corrected chi connectivity index (χ4v) is 5.60. The Labute approximate surface area is 148 Å². The number of anilines is 2. The zero-order valence-electron chi connectivity index (χ0n) is 15.4. The fourth-order valence-electron chi connectivity index (χ4n) is 5.60. The predicted molar refractivity (Wildman–Crippen MR) is 97.0 cm³/mol. The first kappa shape index (κ1) is 16.5. The van der Waals surface area contributed by atoms with Gasteiger partial charge in [0.15, 0.2) is 0 Å². The van der Waals surface area contributed by atoms with Crippen molar-refractivity contribution >= 4 is 17.3 Å². The standard InChI is InChI=1S/C18H27N5O2/c1-17(2)8-13-9-18(3,10-17)11-22(13)16-14(23(24)25)15(19-12-20-16)21-6-4-5-7-21/h12-13H,4-11H2,1-3H3. The van der Waals surface area contributed by atoms with Crippen LogP contribution in [0.25, 0.3) is 0 Å². The maximum Gasteiger partial charge on any atom is 0.353 e. The minimum absolute atomic E-state index is 0.0957. The van der Waals surface area contributed by atoms with E-state index in [-0.39, 0.29) is 21.4 Å². The molecule has 2 unspecified atom stereocenters. The zero-order valence-corrected chi connectivity index (χ0v) is 15.4. The zero-order chi connectivity index (χ0) is 17.8. The quantitative estimate of drug-likeness (QED) is 0.617. The summed E-state index contributed by atoms with van der Waals surface area (Å²) in [6.07, 6.45) is 6.94. The molecule has 7 nitrogen and oxygen atoms in total. The number of hydrogen-bond donors (Lipinski definition) is 0. The topological polar surface area (TPSA) is 75.4 Å². The van der Waals surface area contributed by atoms with Crippen molar-refractivity contribution in [2.24, 2.45) is 10.8 Å². The van der Waals surface area contributed by atoms with Gasteiger partial charge in [0, 0.05) is 25.7 Å². The van der Waals surface area contributed by atoms with Gasteiger partial charge in [-0.3, -0.25) is 10.1 Å². The lowest BCUT2D eigenvalue weighted by atomic mass is 9.65. The van der Waals surface area contributed by atoms with Gasteiger partial charge in [0.1, 0.15) is 6.33 Å². The Bertz CT molecular complexity index is 701. The average molecular weight is 345 g/mol. The molecule has 2 atom stereocenters. The highest BCUT2D eigenvalue weighted by atomic mass is 16.6. The summed E-state index contributed by atoms with van der Waals surface area (Å²) in [6.45, 7) is 9.46. The largest absolute Gasteiger partial charge is 0.353 e. The number of fused-ring (bicyclic) bond motifs is 2. The monoisotopic (exact) mass is 345 g/mol. The van der Waals surface area contributed by atoms with Crippen LogP contribution in [-0.4, -0.2) is 40.6 Å². The van der Waals surface area contributed by atoms with Crippen molar-refractivity contribution in [1.29, 1.82) is 0 Å². The molecular weight excluding hydrogens is 318 g/mol. The molecule has 1 aliphatic carbocycles. The first-order valence-corrected chi connectivity index (χ1v) is 9.29. The first-order valence-electron chi connectivity index (χ1n) is 9.29. The highest BCUT2D eigenvalue weighted by Crippen LogP contribution is 2.54. The van der Waals surface area contributed by atoms with Crippen molar-refractivity contribution in [3.8, 4) is 0 Å². The average Bonchev–Trinajstić information content (AvgIpc) is 3.11. The van der Waals surface area contributed by atoms with Crippen LogP contribution in [-0.2, 0) is 0 Å². The van der Waals surface area contributed by atoms with Gasteiger partial charge in [0.25, 0.3) is 0 Å². The van der Waals surface area contributed by atoms with Gasteiger partial charge >= 0.3 is 5.69 Å². The van der Waals surface area contributed by atoms with Gasteiger partial charge in [-0.15, -0.1) is 0 Å². The second-order valence-electron chi connectivity index (χ2n) is 9.16. The van der Waals surface area contributed by atoms with Crippen molar-refractivity contribution in [2.45, 2.75) is 58.9 Å². The lowest BCUT2D eigenvalue weighted by Crippen LogP contribution is -2.35. The van der Waals surface area contributed by atoms with Gasteiger partial charge in [-0.1, -0.05) is 20.8 Å². The molecule has 0 amide bonds. The molecule has 3 aliphatic rings. The molecule has 1 aromatic heterocycles. The Kier molecular flexibility index (Phi) is 3.67. The Morgan fingerprint density at radius 1 is 1.16 bits per heavy atom. The van der Waals surface area contributed by atoms with Gasteiger partial charge in [-0.2, -0.15) is 0 Å². The molecule has 136 valence electrons. The van der Waals surface area contributed by atoms with E-state index in [1.807, 2.05) is 4.90 Å². The fraction of sp³-hybridized carbons (Fsp3) is 0.778. The normalized spacial score (nSPS) is 30.8. The molecule has 0 radical (unpaired) electrons. The van der Waals surface area contributed by atoms with Crippen LogP contribution in [0.2, 0.25) is 0 Å². The third kappa shape index (κ3) is 2.83. The second-order valence-corrected chi connectivity index (χ2v) is 9.16. The van der Waals surface area contributed by atoms with Crippen LogP contribution in [0.15, 0.2) is 6.33 Å². The van der Waals surface area contributed by atoms with E-state index in [1.54, 1.807) is 0 Å². The van der Waals surface area contributed by atoms with Crippen molar-refractivity contribution in [2.75, 3.05) is 29.4 Å². The van der Waals surface area contributed by atoms with Crippen molar-refractivity contribution in [3.63, 3.8) is 0 Å². The molecule has 3 heterocycles. The van der Waals surface area contributed by atoms with E-state index < -0.39 is 0 Å². The molecule has 4 rings (SSSR count). The van der Waals surface area contributed by atoms with E-state index in [1.165, 1.54) is 6.33 Å². The molecule has 0 aromatic carbocycles. The number of nitrogens with zero attached hydrogens (tertiary/aromatic N) is 5. The summed E-state index contributed by atoms with van der Waals surface area (Å²) in [5.41, 5.74) is 0.573. The molecule has 0 spiro atoms. The Hall–Kier alpha value is -1.92. The molecule has 3 fully saturated rings. The predicted octanol–water partition coefficient (Wildman–Crippen LogP) is 3.39. The maximum atomic E-state index is 11.9. The summed E-state index contributed by atoms with van der Waals surface area (Å²) < 4.78 is 0. The molecule has 2 bridgehead atoms. The van der Waals surface area contributed by atoms with Crippen molar-refractivity contribution < 1.29 is 4.92 Å². The number of aromatic nitrogens is 2. The number of nitro groups is 1. The summed E-state index contributed by atoms with van der Waals surface area (Å²) in [7, 11) is 0. The van der Waals surface area contributed by atoms with E-state index in [2.05, 4.69) is 35.6 Å². The molecule has 1 aromatic rings. The summed E-state index contributed by atoms with van der Waals surface area (Å²) in [5.74, 6) is 1.02. The third-order valence-corrected chi connectivity index (χ3v) is 6.06. The minimum Gasteiger partial charge on any atom is -0.351 e. The Balaban J connectivity index is 1.76. The lowest BCUT2D eigenvalue weighted by molar-refractivity contribution is -0.383. The Morgan fingerprint density at radius 3 is 2.52 bits per heavy atom. The van der Waals surface area contributed by atoms with Gasteiger partial charge in [0.2, 0.25) is 11.6 Å². The van der Waals surface area contributed by atoms with Crippen molar-refractivity contribution in [3.05, 3.63) is 16.4 Å². The highest BCUT2D eigenvalue weighted by molar-refractivity contribution is 5.72. The van der Waals surface area contributed by atoms with E-state index in [9.17, 15) is 10.1 Å². The second kappa shape index (κ2) is 5.54. The SMILES string of the molecule is CC1(C)CC2CC(C)(CN2c2ncnc(N3CCCC3)c2[N+](=O)[O-])C1. The maximum absolute atomic E-state index is 11.9. The molecule has 2 aliphatic heterocycles. The van der Waals surface area contributed by atoms with Gasteiger partial charge in [-0.05, 0) is 42.9 Å². The van der Waals surface area contributed by atoms with Gasteiger partial charge in [0.05, 0.1) is 4.92 Å². The summed E-state index contributed by atoms with van der Waals surface area (Å²) >= 11 is 0. The molecule has 1 saturated carbocycles. The van der Waals surface area contributed by atoms with E-state index >= 15 is 0 Å². The number of hydrogen-bond acceptors (Lipinski definition) is 6. The van der Waals surface area contributed by atoms with E-state index in [0.717, 1.165) is 51.7 Å². The molecule has 2 saturated heterocycles. The first-order chi connectivity index (χ1) is 11.8. The smallest absolute Gasteiger partial charge is 0.351 e. The highest BCUT2D eigenvalue weighted by Gasteiger charge is 2.51. The van der Waals surface area contributed by atoms with Crippen LogP contribution in [0, 0.1) is 20.9 Å². The van der Waals surface area contributed by atoms with E-state index in [0.29, 0.717) is 17.7 Å². The van der Waals surface area contributed by atoms with Crippen LogP contribution in [0.3, 0.4) is 0 Å². The summed E-state index contributed by atoms with van der Waals surface area (Å²) in [5, 5.41) is 11.9. The Morgan fingerprint density at radius 2 is 1.84 bits per heavy atom. The van der Waals surface area contributed by atoms with Crippen LogP contribution < -0.4 is 9.80 Å².